The Kier molecular flexibility index (Phi) is 3.74. The first-order chi connectivity index (χ1) is 6.95. The van der Waals surface area contributed by atoms with Gasteiger partial charge in [0, 0.05) is 0 Å². The normalized spacial score (nSPS) is 13.0. The average Bonchev–Trinajstić information content (AvgIpc) is 2.17. The number of alkyl halides is 3. The molecule has 82 valence electrons. The third-order valence-electron chi connectivity index (χ3n) is 1.74. The van der Waals surface area contributed by atoms with Crippen molar-refractivity contribution in [1.29, 1.82) is 0 Å². The molecule has 0 bridgehead atoms. The monoisotopic (exact) mass is 235 g/mol. The van der Waals surface area contributed by atoms with Crippen molar-refractivity contribution in [1.82, 2.24) is 0 Å². The Balaban J connectivity index is 3.19. The molecule has 0 amide bonds. The van der Waals surface area contributed by atoms with Crippen molar-refractivity contribution in [3.63, 3.8) is 0 Å². The molecule has 1 aromatic rings. The molecule has 0 fully saturated rings. The molecule has 0 aliphatic carbocycles. The van der Waals surface area contributed by atoms with Gasteiger partial charge in [0.05, 0.1) is 11.3 Å². The second-order valence-corrected chi connectivity index (χ2v) is 3.29. The second kappa shape index (κ2) is 4.66. The molecule has 1 aromatic carbocycles. The van der Waals surface area contributed by atoms with Gasteiger partial charge >= 0.3 is 6.18 Å². The number of nitrogens with zero attached hydrogens (tertiary/aromatic N) is 1. The van der Waals surface area contributed by atoms with Crippen molar-refractivity contribution >= 4 is 22.5 Å². The molecule has 0 saturated heterocycles. The molecule has 0 saturated carbocycles. The molecule has 1 nitrogen and oxygen atoms in total. The highest BCUT2D eigenvalue weighted by Crippen LogP contribution is 2.36. The lowest BCUT2D eigenvalue weighted by molar-refractivity contribution is -0.137. The van der Waals surface area contributed by atoms with E-state index in [4.69, 9.17) is 11.6 Å². The predicted octanol–water partition coefficient (Wildman–Crippen LogP) is 4.38. The minimum Gasteiger partial charge on any atom is -0.241 e. The third kappa shape index (κ3) is 3.23. The van der Waals surface area contributed by atoms with E-state index in [0.717, 1.165) is 6.07 Å². The Morgan fingerprint density at radius 3 is 2.47 bits per heavy atom. The first-order valence-corrected chi connectivity index (χ1v) is 4.72. The van der Waals surface area contributed by atoms with Crippen LogP contribution in [0.1, 0.15) is 18.9 Å². The summed E-state index contributed by atoms with van der Waals surface area (Å²) in [6, 6.07) is 5.09. The minimum atomic E-state index is -4.40. The standard InChI is InChI=1S/C10H9ClF3N/c1-2-9(11)15-8-6-4-3-5-7(8)10(12,13)14/h3-6H,2H2,1H3/b15-9+. The van der Waals surface area contributed by atoms with Gasteiger partial charge in [0.2, 0.25) is 0 Å². The maximum absolute atomic E-state index is 12.5. The number of hydrogen-bond donors (Lipinski definition) is 0. The van der Waals surface area contributed by atoms with Crippen LogP contribution in [0.25, 0.3) is 0 Å². The fourth-order valence-corrected chi connectivity index (χ4v) is 1.11. The highest BCUT2D eigenvalue weighted by atomic mass is 35.5. The topological polar surface area (TPSA) is 12.4 Å². The second-order valence-electron chi connectivity index (χ2n) is 2.86. The van der Waals surface area contributed by atoms with Gasteiger partial charge in [-0.05, 0) is 18.6 Å². The van der Waals surface area contributed by atoms with Crippen LogP contribution in [-0.4, -0.2) is 5.17 Å². The molecule has 0 N–H and O–H groups in total. The van der Waals surface area contributed by atoms with Crippen LogP contribution < -0.4 is 0 Å². The molecule has 0 aromatic heterocycles. The van der Waals surface area contributed by atoms with E-state index >= 15 is 0 Å². The van der Waals surface area contributed by atoms with Crippen LogP contribution in [0.2, 0.25) is 0 Å². The Bertz CT molecular complexity index is 371. The summed E-state index contributed by atoms with van der Waals surface area (Å²) in [7, 11) is 0. The number of rotatable bonds is 2. The van der Waals surface area contributed by atoms with Gasteiger partial charge < -0.3 is 0 Å². The molecular weight excluding hydrogens is 227 g/mol. The van der Waals surface area contributed by atoms with Gasteiger partial charge in [-0.25, -0.2) is 4.99 Å². The highest BCUT2D eigenvalue weighted by Gasteiger charge is 2.33. The zero-order chi connectivity index (χ0) is 11.5. The number of para-hydroxylation sites is 1. The molecule has 1 rings (SSSR count). The fraction of sp³-hybridized carbons (Fsp3) is 0.300. The SMILES string of the molecule is CC/C(Cl)=N\c1ccccc1C(F)(F)F. The Hall–Kier alpha value is -1.03. The van der Waals surface area contributed by atoms with Gasteiger partial charge in [0.1, 0.15) is 5.17 Å². The van der Waals surface area contributed by atoms with Crippen LogP contribution in [0, 0.1) is 0 Å². The zero-order valence-electron chi connectivity index (χ0n) is 7.98. The van der Waals surface area contributed by atoms with Gasteiger partial charge in [-0.15, -0.1) is 0 Å². The van der Waals surface area contributed by atoms with Crippen molar-refractivity contribution in [2.45, 2.75) is 19.5 Å². The van der Waals surface area contributed by atoms with Crippen LogP contribution in [0.5, 0.6) is 0 Å². The summed E-state index contributed by atoms with van der Waals surface area (Å²) in [5.41, 5.74) is -0.909. The van der Waals surface area contributed by atoms with E-state index in [2.05, 4.69) is 4.99 Å². The summed E-state index contributed by atoms with van der Waals surface area (Å²) in [4.78, 5) is 3.71. The maximum atomic E-state index is 12.5. The Morgan fingerprint density at radius 2 is 1.93 bits per heavy atom. The number of halogens is 4. The third-order valence-corrected chi connectivity index (χ3v) is 2.09. The molecule has 15 heavy (non-hydrogen) atoms. The molecule has 0 heterocycles. The Labute approximate surface area is 90.6 Å². The van der Waals surface area contributed by atoms with E-state index in [1.165, 1.54) is 18.2 Å². The highest BCUT2D eigenvalue weighted by molar-refractivity contribution is 6.65. The summed E-state index contributed by atoms with van der Waals surface area (Å²) < 4.78 is 37.5. The predicted molar refractivity (Wildman–Crippen MR) is 54.7 cm³/mol. The van der Waals surface area contributed by atoms with E-state index < -0.39 is 11.7 Å². The van der Waals surface area contributed by atoms with Crippen LogP contribution in [-0.2, 0) is 6.18 Å². The van der Waals surface area contributed by atoms with Gasteiger partial charge in [-0.2, -0.15) is 13.2 Å². The van der Waals surface area contributed by atoms with Crippen molar-refractivity contribution in [3.05, 3.63) is 29.8 Å². The molecule has 0 aliphatic heterocycles. The number of aliphatic imine (C=N–C) groups is 1. The first kappa shape index (κ1) is 12.0. The largest absolute Gasteiger partial charge is 0.418 e. The molecule has 0 radical (unpaired) electrons. The Morgan fingerprint density at radius 1 is 1.33 bits per heavy atom. The van der Waals surface area contributed by atoms with Gasteiger partial charge in [0.15, 0.2) is 0 Å². The molecule has 0 spiro atoms. The van der Waals surface area contributed by atoms with Crippen molar-refractivity contribution < 1.29 is 13.2 Å². The van der Waals surface area contributed by atoms with Gasteiger partial charge in [0.25, 0.3) is 0 Å². The summed E-state index contributed by atoms with van der Waals surface area (Å²) in [5, 5.41) is 0.159. The van der Waals surface area contributed by atoms with E-state index in [-0.39, 0.29) is 10.9 Å². The van der Waals surface area contributed by atoms with Crippen molar-refractivity contribution in [2.75, 3.05) is 0 Å². The fourth-order valence-electron chi connectivity index (χ4n) is 1.02. The van der Waals surface area contributed by atoms with Crippen LogP contribution >= 0.6 is 11.6 Å². The van der Waals surface area contributed by atoms with Crippen LogP contribution in [0.3, 0.4) is 0 Å². The van der Waals surface area contributed by atoms with Gasteiger partial charge in [-0.3, -0.25) is 0 Å². The lowest BCUT2D eigenvalue weighted by atomic mass is 10.2. The molecule has 5 heteroatoms. The van der Waals surface area contributed by atoms with Crippen LogP contribution in [0.15, 0.2) is 29.3 Å². The summed E-state index contributed by atoms with van der Waals surface area (Å²) in [6.45, 7) is 1.72. The van der Waals surface area contributed by atoms with Crippen molar-refractivity contribution in [2.24, 2.45) is 4.99 Å². The molecule has 0 unspecified atom stereocenters. The van der Waals surface area contributed by atoms with E-state index in [9.17, 15) is 13.2 Å². The number of benzene rings is 1. The lowest BCUT2D eigenvalue weighted by Crippen LogP contribution is -2.05. The first-order valence-electron chi connectivity index (χ1n) is 4.34. The number of hydrogen-bond acceptors (Lipinski definition) is 1. The zero-order valence-corrected chi connectivity index (χ0v) is 8.73. The van der Waals surface area contributed by atoms with Gasteiger partial charge in [-0.1, -0.05) is 30.7 Å². The summed E-state index contributed by atoms with van der Waals surface area (Å²) >= 11 is 5.60. The molecule has 0 aliphatic rings. The molecule has 0 atom stereocenters. The van der Waals surface area contributed by atoms with Crippen LogP contribution in [0.4, 0.5) is 18.9 Å². The summed E-state index contributed by atoms with van der Waals surface area (Å²) in [6.07, 6.45) is -3.99. The quantitative estimate of drug-likeness (QED) is 0.675. The summed E-state index contributed by atoms with van der Waals surface area (Å²) in [5.74, 6) is 0. The van der Waals surface area contributed by atoms with E-state index in [1.54, 1.807) is 6.92 Å². The lowest BCUT2D eigenvalue weighted by Gasteiger charge is -2.09. The van der Waals surface area contributed by atoms with E-state index in [0.29, 0.717) is 6.42 Å². The van der Waals surface area contributed by atoms with Crippen molar-refractivity contribution in [3.8, 4) is 0 Å². The smallest absolute Gasteiger partial charge is 0.241 e. The average molecular weight is 236 g/mol. The van der Waals surface area contributed by atoms with E-state index in [1.807, 2.05) is 0 Å². The molecular formula is C10H9ClF3N. The minimum absolute atomic E-state index is 0.142. The maximum Gasteiger partial charge on any atom is 0.418 e.